The van der Waals surface area contributed by atoms with Crippen LogP contribution < -0.4 is 0 Å². The summed E-state index contributed by atoms with van der Waals surface area (Å²) in [6, 6.07) is 11.5. The van der Waals surface area contributed by atoms with Crippen molar-refractivity contribution < 1.29 is 19.2 Å². The van der Waals surface area contributed by atoms with E-state index in [0.717, 1.165) is 30.0 Å². The van der Waals surface area contributed by atoms with Gasteiger partial charge in [0, 0.05) is 24.2 Å². The number of hydrogen-bond donors (Lipinski definition) is 0. The molecule has 1 amide bonds. The van der Waals surface area contributed by atoms with Gasteiger partial charge >= 0.3 is 5.97 Å². The second kappa shape index (κ2) is 7.57. The Morgan fingerprint density at radius 3 is 2.56 bits per heavy atom. The lowest BCUT2D eigenvalue weighted by atomic mass is 9.99. The summed E-state index contributed by atoms with van der Waals surface area (Å²) in [5.41, 5.74) is 1.96. The summed E-state index contributed by atoms with van der Waals surface area (Å²) in [7, 11) is 1.19. The number of nitro benzene ring substituents is 1. The summed E-state index contributed by atoms with van der Waals surface area (Å²) in [6.07, 6.45) is 1.68. The lowest BCUT2D eigenvalue weighted by Crippen LogP contribution is -2.31. The van der Waals surface area contributed by atoms with Gasteiger partial charge in [-0.05, 0) is 37.0 Å². The highest BCUT2D eigenvalue weighted by molar-refractivity contribution is 5.99. The third-order valence-corrected chi connectivity index (χ3v) is 4.86. The Morgan fingerprint density at radius 1 is 1.19 bits per heavy atom. The van der Waals surface area contributed by atoms with Crippen molar-refractivity contribution in [2.75, 3.05) is 13.7 Å². The van der Waals surface area contributed by atoms with Gasteiger partial charge in [0.1, 0.15) is 0 Å². The molecule has 0 spiro atoms. The number of hydrogen-bond acceptors (Lipinski definition) is 5. The molecule has 7 nitrogen and oxygen atoms in total. The fourth-order valence-electron chi connectivity index (χ4n) is 3.54. The number of non-ortho nitro benzene ring substituents is 1. The Bertz CT molecular complexity index is 909. The molecule has 3 rings (SSSR count). The van der Waals surface area contributed by atoms with Gasteiger partial charge in [-0.1, -0.05) is 24.3 Å². The van der Waals surface area contributed by atoms with E-state index in [0.29, 0.717) is 6.54 Å². The van der Waals surface area contributed by atoms with Crippen LogP contribution in [0.25, 0.3) is 0 Å². The molecule has 2 aromatic rings. The second-order valence-electron chi connectivity index (χ2n) is 6.53. The van der Waals surface area contributed by atoms with E-state index in [1.54, 1.807) is 4.90 Å². The Hall–Kier alpha value is -3.22. The standard InChI is InChI=1S/C20H20N2O5/c1-13-6-3-4-7-17(13)18-8-5-9-21(18)19(23)14-10-15(20(24)27-2)12-16(11-14)22(25)26/h3-4,6-7,10-12,18H,5,8-9H2,1-2H3. The second-order valence-corrected chi connectivity index (χ2v) is 6.53. The van der Waals surface area contributed by atoms with Crippen molar-refractivity contribution in [3.8, 4) is 0 Å². The first-order valence-corrected chi connectivity index (χ1v) is 8.66. The van der Waals surface area contributed by atoms with Crippen LogP contribution in [0.15, 0.2) is 42.5 Å². The average Bonchev–Trinajstić information content (AvgIpc) is 3.16. The molecule has 1 fully saturated rings. The molecule has 1 atom stereocenters. The number of rotatable bonds is 4. The summed E-state index contributed by atoms with van der Waals surface area (Å²) >= 11 is 0. The molecule has 0 radical (unpaired) electrons. The first-order valence-electron chi connectivity index (χ1n) is 8.66. The van der Waals surface area contributed by atoms with E-state index in [9.17, 15) is 19.7 Å². The number of nitrogens with zero attached hydrogens (tertiary/aromatic N) is 2. The van der Waals surface area contributed by atoms with E-state index in [1.165, 1.54) is 19.2 Å². The predicted octanol–water partition coefficient (Wildman–Crippen LogP) is 3.67. The molecule has 0 aliphatic carbocycles. The minimum absolute atomic E-state index is 0.0123. The van der Waals surface area contributed by atoms with Crippen molar-refractivity contribution in [3.63, 3.8) is 0 Å². The highest BCUT2D eigenvalue weighted by atomic mass is 16.6. The molecule has 2 aromatic carbocycles. The van der Waals surface area contributed by atoms with Gasteiger partial charge in [0.25, 0.3) is 11.6 Å². The molecule has 1 unspecified atom stereocenters. The lowest BCUT2D eigenvalue weighted by molar-refractivity contribution is -0.384. The number of aryl methyl sites for hydroxylation is 1. The molecular weight excluding hydrogens is 348 g/mol. The van der Waals surface area contributed by atoms with Gasteiger partial charge < -0.3 is 9.64 Å². The van der Waals surface area contributed by atoms with Crippen LogP contribution in [0.4, 0.5) is 5.69 Å². The number of ether oxygens (including phenoxy) is 1. The minimum atomic E-state index is -0.718. The van der Waals surface area contributed by atoms with E-state index in [1.807, 2.05) is 31.2 Å². The van der Waals surface area contributed by atoms with Gasteiger partial charge in [-0.25, -0.2) is 4.79 Å². The lowest BCUT2D eigenvalue weighted by Gasteiger charge is -2.26. The van der Waals surface area contributed by atoms with Crippen LogP contribution >= 0.6 is 0 Å². The van der Waals surface area contributed by atoms with Gasteiger partial charge in [-0.2, -0.15) is 0 Å². The molecule has 1 saturated heterocycles. The average molecular weight is 368 g/mol. The first-order chi connectivity index (χ1) is 12.9. The summed E-state index contributed by atoms with van der Waals surface area (Å²) in [5.74, 6) is -1.04. The monoisotopic (exact) mass is 368 g/mol. The van der Waals surface area contributed by atoms with Crippen molar-refractivity contribution >= 4 is 17.6 Å². The van der Waals surface area contributed by atoms with Crippen LogP contribution in [0.5, 0.6) is 0 Å². The summed E-state index contributed by atoms with van der Waals surface area (Å²) in [6.45, 7) is 2.56. The topological polar surface area (TPSA) is 89.8 Å². The summed E-state index contributed by atoms with van der Waals surface area (Å²) < 4.78 is 4.65. The molecule has 0 N–H and O–H groups in total. The zero-order valence-corrected chi connectivity index (χ0v) is 15.2. The highest BCUT2D eigenvalue weighted by Gasteiger charge is 2.32. The number of amides is 1. The Labute approximate surface area is 156 Å². The Morgan fingerprint density at radius 2 is 1.89 bits per heavy atom. The van der Waals surface area contributed by atoms with Crippen LogP contribution in [0.2, 0.25) is 0 Å². The molecule has 0 saturated carbocycles. The molecule has 27 heavy (non-hydrogen) atoms. The predicted molar refractivity (Wildman–Crippen MR) is 98.6 cm³/mol. The zero-order chi connectivity index (χ0) is 19.6. The Kier molecular flexibility index (Phi) is 5.21. The van der Waals surface area contributed by atoms with Crippen LogP contribution in [0, 0.1) is 17.0 Å². The number of methoxy groups -OCH3 is 1. The SMILES string of the molecule is COC(=O)c1cc(C(=O)N2CCCC2c2ccccc2C)cc([N+](=O)[O-])c1. The van der Waals surface area contributed by atoms with Gasteiger partial charge in [-0.15, -0.1) is 0 Å². The van der Waals surface area contributed by atoms with Gasteiger partial charge in [-0.3, -0.25) is 14.9 Å². The number of likely N-dealkylation sites (tertiary alicyclic amines) is 1. The largest absolute Gasteiger partial charge is 0.465 e. The van der Waals surface area contributed by atoms with Crippen LogP contribution in [0.1, 0.15) is 50.7 Å². The zero-order valence-electron chi connectivity index (χ0n) is 15.2. The van der Waals surface area contributed by atoms with Crippen LogP contribution in [-0.2, 0) is 4.74 Å². The van der Waals surface area contributed by atoms with E-state index >= 15 is 0 Å². The first kappa shape index (κ1) is 18.6. The molecule has 140 valence electrons. The Balaban J connectivity index is 1.99. The maximum absolute atomic E-state index is 13.1. The van der Waals surface area contributed by atoms with E-state index in [2.05, 4.69) is 4.74 Å². The molecule has 1 aliphatic rings. The fraction of sp³-hybridized carbons (Fsp3) is 0.300. The van der Waals surface area contributed by atoms with Crippen molar-refractivity contribution in [2.45, 2.75) is 25.8 Å². The number of carbonyl (C=O) groups excluding carboxylic acids is 2. The quantitative estimate of drug-likeness (QED) is 0.467. The molecule has 0 bridgehead atoms. The van der Waals surface area contributed by atoms with Gasteiger partial charge in [0.15, 0.2) is 0 Å². The molecule has 1 heterocycles. The third-order valence-electron chi connectivity index (χ3n) is 4.86. The molecule has 1 aliphatic heterocycles. The van der Waals surface area contributed by atoms with Gasteiger partial charge in [0.05, 0.1) is 23.6 Å². The number of esters is 1. The van der Waals surface area contributed by atoms with Crippen LogP contribution in [0.3, 0.4) is 0 Å². The van der Waals surface area contributed by atoms with E-state index in [-0.39, 0.29) is 28.8 Å². The maximum atomic E-state index is 13.1. The van der Waals surface area contributed by atoms with Gasteiger partial charge in [0.2, 0.25) is 0 Å². The van der Waals surface area contributed by atoms with Crippen LogP contribution in [-0.4, -0.2) is 35.4 Å². The minimum Gasteiger partial charge on any atom is -0.465 e. The van der Waals surface area contributed by atoms with E-state index in [4.69, 9.17) is 0 Å². The number of benzene rings is 2. The summed E-state index contributed by atoms with van der Waals surface area (Å²) in [5, 5.41) is 11.2. The van der Waals surface area contributed by atoms with Crippen molar-refractivity contribution in [2.24, 2.45) is 0 Å². The molecule has 7 heteroatoms. The number of carbonyl (C=O) groups is 2. The van der Waals surface area contributed by atoms with Crippen molar-refractivity contribution in [3.05, 3.63) is 74.8 Å². The molecular formula is C20H20N2O5. The fourth-order valence-corrected chi connectivity index (χ4v) is 3.54. The molecule has 0 aromatic heterocycles. The summed E-state index contributed by atoms with van der Waals surface area (Å²) in [4.78, 5) is 37.3. The van der Waals surface area contributed by atoms with E-state index < -0.39 is 10.9 Å². The van der Waals surface area contributed by atoms with Crippen molar-refractivity contribution in [1.29, 1.82) is 0 Å². The highest BCUT2D eigenvalue weighted by Crippen LogP contribution is 2.35. The maximum Gasteiger partial charge on any atom is 0.338 e. The number of nitro groups is 1. The third kappa shape index (κ3) is 3.67. The van der Waals surface area contributed by atoms with Crippen molar-refractivity contribution in [1.82, 2.24) is 4.90 Å². The smallest absolute Gasteiger partial charge is 0.338 e. The normalized spacial score (nSPS) is 16.2.